The standard InChI is InChI=1S/C45H35N3O/c1-45(2)37-20-10-8-17-32(37)33-26-24-30(27-38(33)45)48(29-14-4-3-5-15-29)44-46-39-21-11-9-18-34(39)42(47-44)35-19-12-22-40-41(35)36-25-23-28-13-6-7-16-31(28)43(36)49-40/h3-27,42,44,46-47H,1-2H3. The molecule has 2 heterocycles. The summed E-state index contributed by atoms with van der Waals surface area (Å²) in [5.41, 5.74) is 12.9. The van der Waals surface area contributed by atoms with Crippen LogP contribution in [0, 0.1) is 0 Å². The first-order chi connectivity index (χ1) is 24.1. The van der Waals surface area contributed by atoms with Crippen molar-refractivity contribution in [3.63, 3.8) is 0 Å². The third-order valence-corrected chi connectivity index (χ3v) is 10.8. The van der Waals surface area contributed by atoms with Crippen molar-refractivity contribution in [2.24, 2.45) is 0 Å². The van der Waals surface area contributed by atoms with Crippen LogP contribution in [0.25, 0.3) is 43.8 Å². The molecule has 2 N–H and O–H groups in total. The minimum Gasteiger partial charge on any atom is -0.455 e. The van der Waals surface area contributed by atoms with Gasteiger partial charge in [0.25, 0.3) is 0 Å². The monoisotopic (exact) mass is 633 g/mol. The zero-order valence-corrected chi connectivity index (χ0v) is 27.4. The minimum absolute atomic E-state index is 0.0974. The van der Waals surface area contributed by atoms with Gasteiger partial charge in [0.1, 0.15) is 11.2 Å². The number of hydrogen-bond acceptors (Lipinski definition) is 4. The highest BCUT2D eigenvalue weighted by atomic mass is 16.3. The largest absolute Gasteiger partial charge is 0.455 e. The summed E-state index contributed by atoms with van der Waals surface area (Å²) in [7, 11) is 0. The molecule has 2 aliphatic rings. The van der Waals surface area contributed by atoms with Gasteiger partial charge in [0.05, 0.1) is 6.04 Å². The Balaban J connectivity index is 1.14. The summed E-state index contributed by atoms with van der Waals surface area (Å²) >= 11 is 0. The van der Waals surface area contributed by atoms with Gasteiger partial charge in [0.2, 0.25) is 0 Å². The number of furan rings is 1. The summed E-state index contributed by atoms with van der Waals surface area (Å²) in [5.74, 6) is 0. The van der Waals surface area contributed by atoms with Gasteiger partial charge < -0.3 is 14.6 Å². The average molecular weight is 634 g/mol. The Kier molecular flexibility index (Phi) is 6.09. The number of fused-ring (bicyclic) bond motifs is 9. The SMILES string of the molecule is CC1(C)c2ccccc2-c2ccc(N(c3ccccc3)C3Nc4ccccc4C(c4cccc5oc6c7ccccc7ccc6c45)N3)cc21. The first-order valence-electron chi connectivity index (χ1n) is 17.1. The van der Waals surface area contributed by atoms with Crippen molar-refractivity contribution in [1.29, 1.82) is 0 Å². The van der Waals surface area contributed by atoms with Crippen LogP contribution in [0.15, 0.2) is 156 Å². The van der Waals surface area contributed by atoms with E-state index in [4.69, 9.17) is 4.42 Å². The van der Waals surface area contributed by atoms with E-state index < -0.39 is 0 Å². The summed E-state index contributed by atoms with van der Waals surface area (Å²) in [4.78, 5) is 2.41. The van der Waals surface area contributed by atoms with Crippen molar-refractivity contribution < 1.29 is 4.42 Å². The van der Waals surface area contributed by atoms with Crippen molar-refractivity contribution in [3.8, 4) is 11.1 Å². The molecule has 1 aromatic heterocycles. The van der Waals surface area contributed by atoms with Crippen LogP contribution in [-0.2, 0) is 5.41 Å². The molecule has 2 unspecified atom stereocenters. The van der Waals surface area contributed by atoms with Crippen LogP contribution in [0.1, 0.15) is 42.1 Å². The Bertz CT molecular complexity index is 2570. The van der Waals surface area contributed by atoms with Crippen molar-refractivity contribution in [3.05, 3.63) is 174 Å². The van der Waals surface area contributed by atoms with E-state index in [9.17, 15) is 0 Å². The van der Waals surface area contributed by atoms with Crippen molar-refractivity contribution in [2.45, 2.75) is 31.6 Å². The Labute approximate surface area is 285 Å². The lowest BCUT2D eigenvalue weighted by Gasteiger charge is -2.42. The fourth-order valence-corrected chi connectivity index (χ4v) is 8.41. The molecule has 0 amide bonds. The van der Waals surface area contributed by atoms with E-state index in [-0.39, 0.29) is 17.7 Å². The average Bonchev–Trinajstić information content (AvgIpc) is 3.64. The maximum absolute atomic E-state index is 6.63. The Morgan fingerprint density at radius 3 is 2.27 bits per heavy atom. The molecular weight excluding hydrogens is 599 g/mol. The van der Waals surface area contributed by atoms with Crippen LogP contribution < -0.4 is 15.5 Å². The molecule has 236 valence electrons. The van der Waals surface area contributed by atoms with Gasteiger partial charge in [-0.3, -0.25) is 5.32 Å². The lowest BCUT2D eigenvalue weighted by atomic mass is 9.82. The predicted octanol–water partition coefficient (Wildman–Crippen LogP) is 11.3. The molecule has 7 aromatic carbocycles. The molecule has 1 aliphatic heterocycles. The number of nitrogens with one attached hydrogen (secondary N) is 2. The topological polar surface area (TPSA) is 40.4 Å². The van der Waals surface area contributed by atoms with Crippen LogP contribution in [0.2, 0.25) is 0 Å². The predicted molar refractivity (Wildman–Crippen MR) is 203 cm³/mol. The van der Waals surface area contributed by atoms with E-state index in [0.717, 1.165) is 44.4 Å². The van der Waals surface area contributed by atoms with E-state index in [1.54, 1.807) is 0 Å². The Morgan fingerprint density at radius 2 is 1.35 bits per heavy atom. The molecule has 10 rings (SSSR count). The fourth-order valence-electron chi connectivity index (χ4n) is 8.41. The normalized spacial score (nSPS) is 17.4. The van der Waals surface area contributed by atoms with E-state index in [1.807, 2.05) is 0 Å². The molecule has 0 bridgehead atoms. The van der Waals surface area contributed by atoms with Crippen LogP contribution in [0.3, 0.4) is 0 Å². The number of para-hydroxylation sites is 2. The number of hydrogen-bond donors (Lipinski definition) is 2. The number of benzene rings is 7. The first kappa shape index (κ1) is 28.2. The van der Waals surface area contributed by atoms with Gasteiger partial charge in [-0.1, -0.05) is 123 Å². The lowest BCUT2D eigenvalue weighted by Crippen LogP contribution is -2.53. The van der Waals surface area contributed by atoms with E-state index in [0.29, 0.717) is 0 Å². The smallest absolute Gasteiger partial charge is 0.160 e. The highest BCUT2D eigenvalue weighted by Crippen LogP contribution is 2.50. The van der Waals surface area contributed by atoms with E-state index >= 15 is 0 Å². The quantitative estimate of drug-likeness (QED) is 0.202. The van der Waals surface area contributed by atoms with E-state index in [1.165, 1.54) is 38.8 Å². The zero-order valence-electron chi connectivity index (χ0n) is 27.4. The molecule has 1 aliphatic carbocycles. The Morgan fingerprint density at radius 1 is 0.592 bits per heavy atom. The molecule has 0 radical (unpaired) electrons. The van der Waals surface area contributed by atoms with Gasteiger partial charge in [0, 0.05) is 38.6 Å². The number of nitrogens with zero attached hydrogens (tertiary/aromatic N) is 1. The second-order valence-electron chi connectivity index (χ2n) is 13.8. The fraction of sp³-hybridized carbons (Fsp3) is 0.111. The van der Waals surface area contributed by atoms with Gasteiger partial charge in [-0.2, -0.15) is 0 Å². The van der Waals surface area contributed by atoms with Gasteiger partial charge in [0.15, 0.2) is 6.29 Å². The Hall–Kier alpha value is -5.84. The highest BCUT2D eigenvalue weighted by Gasteiger charge is 2.37. The maximum Gasteiger partial charge on any atom is 0.160 e. The summed E-state index contributed by atoms with van der Waals surface area (Å²) < 4.78 is 6.63. The zero-order chi connectivity index (χ0) is 32.7. The van der Waals surface area contributed by atoms with E-state index in [2.05, 4.69) is 181 Å². The summed E-state index contributed by atoms with van der Waals surface area (Å²) in [6, 6.07) is 54.5. The van der Waals surface area contributed by atoms with Gasteiger partial charge in [-0.25, -0.2) is 0 Å². The van der Waals surface area contributed by atoms with Crippen LogP contribution in [-0.4, -0.2) is 6.29 Å². The van der Waals surface area contributed by atoms with Crippen molar-refractivity contribution in [1.82, 2.24) is 5.32 Å². The second kappa shape index (κ2) is 10.6. The molecule has 0 saturated heterocycles. The van der Waals surface area contributed by atoms with Gasteiger partial charge >= 0.3 is 0 Å². The summed E-state index contributed by atoms with van der Waals surface area (Å²) in [6.45, 7) is 4.69. The third-order valence-electron chi connectivity index (χ3n) is 10.8. The van der Waals surface area contributed by atoms with Crippen LogP contribution in [0.5, 0.6) is 0 Å². The summed E-state index contributed by atoms with van der Waals surface area (Å²) in [6.07, 6.45) is -0.249. The summed E-state index contributed by atoms with van der Waals surface area (Å²) in [5, 5.41) is 12.6. The molecule has 0 fully saturated rings. The van der Waals surface area contributed by atoms with Crippen LogP contribution in [0.4, 0.5) is 17.1 Å². The number of anilines is 3. The molecule has 2 atom stereocenters. The molecule has 0 saturated carbocycles. The molecule has 4 heteroatoms. The van der Waals surface area contributed by atoms with Gasteiger partial charge in [-0.15, -0.1) is 0 Å². The third kappa shape index (κ3) is 4.21. The number of rotatable bonds is 4. The maximum atomic E-state index is 6.63. The van der Waals surface area contributed by atoms with Crippen molar-refractivity contribution >= 4 is 49.8 Å². The highest BCUT2D eigenvalue weighted by molar-refractivity contribution is 6.16. The molecule has 4 nitrogen and oxygen atoms in total. The molecule has 49 heavy (non-hydrogen) atoms. The lowest BCUT2D eigenvalue weighted by molar-refractivity contribution is 0.496. The van der Waals surface area contributed by atoms with Gasteiger partial charge in [-0.05, 0) is 81.2 Å². The second-order valence-corrected chi connectivity index (χ2v) is 13.8. The van der Waals surface area contributed by atoms with Crippen LogP contribution >= 0.6 is 0 Å². The molecule has 0 spiro atoms. The molecular formula is C45H35N3O. The first-order valence-corrected chi connectivity index (χ1v) is 17.1. The minimum atomic E-state index is -0.249. The molecule has 8 aromatic rings. The van der Waals surface area contributed by atoms with Crippen molar-refractivity contribution in [2.75, 3.05) is 10.2 Å².